The Morgan fingerprint density at radius 3 is 2.56 bits per heavy atom. The molecular weight excluding hydrogens is 298 g/mol. The molecule has 1 aromatic carbocycles. The zero-order chi connectivity index (χ0) is 13.7. The van der Waals surface area contributed by atoms with Crippen molar-refractivity contribution < 1.29 is 14.3 Å². The predicted octanol–water partition coefficient (Wildman–Crippen LogP) is 2.39. The van der Waals surface area contributed by atoms with Gasteiger partial charge in [0.25, 0.3) is 5.91 Å². The molecule has 0 unspecified atom stereocenters. The lowest BCUT2D eigenvalue weighted by Crippen LogP contribution is -2.33. The minimum atomic E-state index is -0.403. The number of hydrogen-bond acceptors (Lipinski definition) is 3. The lowest BCUT2D eigenvalue weighted by Gasteiger charge is -2.16. The zero-order valence-corrected chi connectivity index (χ0v) is 12.3. The van der Waals surface area contributed by atoms with Crippen molar-refractivity contribution in [2.45, 2.75) is 13.8 Å². The van der Waals surface area contributed by atoms with Gasteiger partial charge < -0.3 is 9.64 Å². The fraction of sp³-hybridized carbons (Fsp3) is 0.385. The van der Waals surface area contributed by atoms with Crippen molar-refractivity contribution in [3.8, 4) is 0 Å². The molecule has 0 spiro atoms. The molecule has 0 saturated heterocycles. The van der Waals surface area contributed by atoms with Crippen LogP contribution in [0.3, 0.4) is 0 Å². The van der Waals surface area contributed by atoms with Crippen LogP contribution in [0.5, 0.6) is 0 Å². The number of nitrogens with zero attached hydrogens (tertiary/aromatic N) is 1. The molecule has 0 bridgehead atoms. The average molecular weight is 314 g/mol. The van der Waals surface area contributed by atoms with E-state index in [1.807, 2.05) is 13.0 Å². The van der Waals surface area contributed by atoms with E-state index in [1.54, 1.807) is 26.1 Å². The van der Waals surface area contributed by atoms with E-state index in [9.17, 15) is 9.59 Å². The summed E-state index contributed by atoms with van der Waals surface area (Å²) < 4.78 is 5.65. The molecule has 5 heteroatoms. The first-order valence-corrected chi connectivity index (χ1v) is 6.41. The monoisotopic (exact) mass is 313 g/mol. The molecular formula is C13H16BrNO3. The van der Waals surface area contributed by atoms with Crippen LogP contribution in [0.1, 0.15) is 22.8 Å². The van der Waals surface area contributed by atoms with Crippen LogP contribution < -0.4 is 0 Å². The van der Waals surface area contributed by atoms with Gasteiger partial charge in [-0.2, -0.15) is 0 Å². The molecule has 0 aliphatic rings. The third kappa shape index (κ3) is 4.14. The molecule has 0 aliphatic carbocycles. The van der Waals surface area contributed by atoms with Crippen LogP contribution in [0.25, 0.3) is 0 Å². The SMILES string of the molecule is CCOC(=O)CN(C)C(=O)c1cc(C)cc(Br)c1. The van der Waals surface area contributed by atoms with Gasteiger partial charge in [-0.1, -0.05) is 15.9 Å². The molecule has 1 aromatic rings. The van der Waals surface area contributed by atoms with Gasteiger partial charge in [-0.25, -0.2) is 0 Å². The number of amides is 1. The van der Waals surface area contributed by atoms with Crippen LogP contribution in [-0.2, 0) is 9.53 Å². The summed E-state index contributed by atoms with van der Waals surface area (Å²) in [6.07, 6.45) is 0. The average Bonchev–Trinajstić information content (AvgIpc) is 2.26. The van der Waals surface area contributed by atoms with Crippen molar-refractivity contribution in [1.29, 1.82) is 0 Å². The Labute approximate surface area is 115 Å². The van der Waals surface area contributed by atoms with Crippen LogP contribution in [0.15, 0.2) is 22.7 Å². The molecule has 0 aliphatic heterocycles. The zero-order valence-electron chi connectivity index (χ0n) is 10.7. The maximum atomic E-state index is 12.1. The topological polar surface area (TPSA) is 46.6 Å². The van der Waals surface area contributed by atoms with Crippen molar-refractivity contribution in [3.05, 3.63) is 33.8 Å². The number of likely N-dealkylation sites (N-methyl/N-ethyl adjacent to an activating group) is 1. The van der Waals surface area contributed by atoms with Crippen LogP contribution in [-0.4, -0.2) is 37.0 Å². The summed E-state index contributed by atoms with van der Waals surface area (Å²) in [7, 11) is 1.58. The van der Waals surface area contributed by atoms with Crippen LogP contribution in [0.4, 0.5) is 0 Å². The van der Waals surface area contributed by atoms with E-state index in [-0.39, 0.29) is 12.5 Å². The van der Waals surface area contributed by atoms with E-state index < -0.39 is 5.97 Å². The number of halogens is 1. The summed E-state index contributed by atoms with van der Waals surface area (Å²) >= 11 is 3.34. The van der Waals surface area contributed by atoms with Gasteiger partial charge in [0.15, 0.2) is 0 Å². The van der Waals surface area contributed by atoms with E-state index >= 15 is 0 Å². The number of carbonyl (C=O) groups excluding carboxylic acids is 2. The third-order valence-electron chi connectivity index (χ3n) is 2.31. The predicted molar refractivity (Wildman–Crippen MR) is 72.5 cm³/mol. The Morgan fingerprint density at radius 1 is 1.33 bits per heavy atom. The van der Waals surface area contributed by atoms with Gasteiger partial charge in [0.2, 0.25) is 0 Å². The van der Waals surface area contributed by atoms with Crippen molar-refractivity contribution in [2.75, 3.05) is 20.2 Å². The fourth-order valence-electron chi connectivity index (χ4n) is 1.55. The number of benzene rings is 1. The molecule has 0 heterocycles. The highest BCUT2D eigenvalue weighted by molar-refractivity contribution is 9.10. The highest BCUT2D eigenvalue weighted by Gasteiger charge is 2.16. The first-order valence-electron chi connectivity index (χ1n) is 5.62. The second kappa shape index (κ2) is 6.54. The highest BCUT2D eigenvalue weighted by Crippen LogP contribution is 2.16. The third-order valence-corrected chi connectivity index (χ3v) is 2.77. The molecule has 0 atom stereocenters. The lowest BCUT2D eigenvalue weighted by atomic mass is 10.1. The molecule has 18 heavy (non-hydrogen) atoms. The van der Waals surface area contributed by atoms with Gasteiger partial charge in [-0.05, 0) is 37.6 Å². The summed E-state index contributed by atoms with van der Waals surface area (Å²) in [6, 6.07) is 5.44. The lowest BCUT2D eigenvalue weighted by molar-refractivity contribution is -0.143. The van der Waals surface area contributed by atoms with Crippen molar-refractivity contribution in [1.82, 2.24) is 4.90 Å². The Kier molecular flexibility index (Phi) is 5.34. The van der Waals surface area contributed by atoms with Gasteiger partial charge in [0.05, 0.1) is 6.61 Å². The van der Waals surface area contributed by atoms with Crippen molar-refractivity contribution in [2.24, 2.45) is 0 Å². The van der Waals surface area contributed by atoms with Crippen molar-refractivity contribution in [3.63, 3.8) is 0 Å². The van der Waals surface area contributed by atoms with E-state index in [0.29, 0.717) is 12.2 Å². The van der Waals surface area contributed by atoms with Crippen LogP contribution >= 0.6 is 15.9 Å². The standard InChI is InChI=1S/C13H16BrNO3/c1-4-18-12(16)8-15(3)13(17)10-5-9(2)6-11(14)7-10/h5-7H,4,8H2,1-3H3. The normalized spacial score (nSPS) is 10.0. The summed E-state index contributed by atoms with van der Waals surface area (Å²) in [4.78, 5) is 24.7. The number of rotatable bonds is 4. The maximum absolute atomic E-state index is 12.1. The van der Waals surface area contributed by atoms with Crippen molar-refractivity contribution >= 4 is 27.8 Å². The second-order valence-electron chi connectivity index (χ2n) is 3.98. The Morgan fingerprint density at radius 2 is 2.00 bits per heavy atom. The Hall–Kier alpha value is -1.36. The molecule has 1 rings (SSSR count). The summed E-state index contributed by atoms with van der Waals surface area (Å²) in [5.74, 6) is -0.604. The minimum Gasteiger partial charge on any atom is -0.465 e. The largest absolute Gasteiger partial charge is 0.465 e. The second-order valence-corrected chi connectivity index (χ2v) is 4.90. The smallest absolute Gasteiger partial charge is 0.325 e. The molecule has 0 saturated carbocycles. The first-order chi connectivity index (χ1) is 8.43. The number of ether oxygens (including phenoxy) is 1. The van der Waals surface area contributed by atoms with E-state index in [1.165, 1.54) is 4.90 Å². The first kappa shape index (κ1) is 14.7. The molecule has 1 amide bonds. The van der Waals surface area contributed by atoms with Gasteiger partial charge in [-0.3, -0.25) is 9.59 Å². The Balaban J connectivity index is 2.77. The molecule has 0 aromatic heterocycles. The summed E-state index contributed by atoms with van der Waals surface area (Å²) in [5, 5.41) is 0. The van der Waals surface area contributed by atoms with Crippen LogP contribution in [0.2, 0.25) is 0 Å². The minimum absolute atomic E-state index is 0.0434. The van der Waals surface area contributed by atoms with Crippen LogP contribution in [0, 0.1) is 6.92 Å². The van der Waals surface area contributed by atoms with E-state index in [4.69, 9.17) is 4.74 Å². The molecule has 4 nitrogen and oxygen atoms in total. The molecule has 0 N–H and O–H groups in total. The van der Waals surface area contributed by atoms with E-state index in [0.717, 1.165) is 10.0 Å². The Bertz CT molecular complexity index is 439. The van der Waals surface area contributed by atoms with Gasteiger partial charge in [0, 0.05) is 17.1 Å². The number of carbonyl (C=O) groups is 2. The number of esters is 1. The molecule has 0 radical (unpaired) electrons. The van der Waals surface area contributed by atoms with Gasteiger partial charge >= 0.3 is 5.97 Å². The summed E-state index contributed by atoms with van der Waals surface area (Å²) in [5.41, 5.74) is 1.53. The number of aryl methyl sites for hydroxylation is 1. The maximum Gasteiger partial charge on any atom is 0.325 e. The number of hydrogen-bond donors (Lipinski definition) is 0. The summed E-state index contributed by atoms with van der Waals surface area (Å²) in [6.45, 7) is 3.92. The molecule has 98 valence electrons. The van der Waals surface area contributed by atoms with E-state index in [2.05, 4.69) is 15.9 Å². The highest BCUT2D eigenvalue weighted by atomic mass is 79.9. The molecule has 0 fully saturated rings. The quantitative estimate of drug-likeness (QED) is 0.802. The fourth-order valence-corrected chi connectivity index (χ4v) is 2.16. The van der Waals surface area contributed by atoms with Gasteiger partial charge in [-0.15, -0.1) is 0 Å². The van der Waals surface area contributed by atoms with Gasteiger partial charge in [0.1, 0.15) is 6.54 Å².